The van der Waals surface area contributed by atoms with Crippen LogP contribution in [0.2, 0.25) is 0 Å². The number of carbonyl (C=O) groups excluding carboxylic acids is 2. The molecule has 2 aromatic heterocycles. The molecule has 0 fully saturated rings. The Balaban J connectivity index is 1.85. The van der Waals surface area contributed by atoms with Gasteiger partial charge in [-0.05, 0) is 42.3 Å². The zero-order chi connectivity index (χ0) is 20.1. The second kappa shape index (κ2) is 8.18. The highest BCUT2D eigenvalue weighted by Gasteiger charge is 2.25. The Kier molecular flexibility index (Phi) is 5.50. The highest BCUT2D eigenvalue weighted by atomic mass is 16.6. The number of hydrogen-bond acceptors (Lipinski definition) is 7. The van der Waals surface area contributed by atoms with E-state index < -0.39 is 18.1 Å². The van der Waals surface area contributed by atoms with E-state index in [4.69, 9.17) is 20.1 Å². The Bertz CT molecular complexity index is 1070. The quantitative estimate of drug-likeness (QED) is 0.622. The van der Waals surface area contributed by atoms with E-state index in [1.807, 2.05) is 31.2 Å². The normalized spacial score (nSPS) is 11.6. The molecule has 0 bridgehead atoms. The molecule has 1 aromatic carbocycles. The maximum atomic E-state index is 12.1. The number of ether oxygens (including phenoxy) is 1. The number of benzene rings is 1. The van der Waals surface area contributed by atoms with Gasteiger partial charge in [-0.3, -0.25) is 9.78 Å². The molecule has 0 saturated carbocycles. The number of hydrogen-bond donors (Lipinski definition) is 2. The van der Waals surface area contributed by atoms with Gasteiger partial charge in [-0.1, -0.05) is 6.07 Å². The number of nitrogens with two attached hydrogens (primary N) is 1. The lowest BCUT2D eigenvalue weighted by molar-refractivity contribution is -0.129. The van der Waals surface area contributed by atoms with Crippen molar-refractivity contribution in [2.24, 2.45) is 5.73 Å². The molecule has 0 aliphatic heterocycles. The van der Waals surface area contributed by atoms with Gasteiger partial charge in [0.25, 0.3) is 5.91 Å². The predicted octanol–water partition coefficient (Wildman–Crippen LogP) is 1.84. The van der Waals surface area contributed by atoms with E-state index in [-0.39, 0.29) is 18.9 Å². The van der Waals surface area contributed by atoms with Crippen LogP contribution in [0.25, 0.3) is 22.2 Å². The third-order valence-corrected chi connectivity index (χ3v) is 3.92. The number of fused-ring (bicyclic) bond motifs is 1. The van der Waals surface area contributed by atoms with E-state index in [2.05, 4.69) is 15.3 Å². The summed E-state index contributed by atoms with van der Waals surface area (Å²) in [6, 6.07) is 11.1. The van der Waals surface area contributed by atoms with Crippen molar-refractivity contribution in [3.8, 4) is 17.2 Å². The molecular weight excluding hydrogens is 362 g/mol. The standard InChI is InChI=1S/C19H17N5O4/c1-11-8-13(4-6-22-11)12-2-3-14-15(9-12)27-17(24-14)10-16(28-19(21)26)18(25)23-7-5-20/h2-4,6,8-9,16H,7,10H2,1H3,(H2,21,26)(H,23,25). The Labute approximate surface area is 160 Å². The van der Waals surface area contributed by atoms with Gasteiger partial charge in [0.15, 0.2) is 17.6 Å². The maximum absolute atomic E-state index is 12.1. The highest BCUT2D eigenvalue weighted by Crippen LogP contribution is 2.25. The molecule has 3 N–H and O–H groups in total. The SMILES string of the molecule is Cc1cc(-c2ccc3nc(CC(OC(N)=O)C(=O)NCC#N)oc3c2)ccn1. The van der Waals surface area contributed by atoms with Gasteiger partial charge in [0.2, 0.25) is 0 Å². The number of carbonyl (C=O) groups is 2. The summed E-state index contributed by atoms with van der Waals surface area (Å²) in [6.07, 6.45) is -0.741. The summed E-state index contributed by atoms with van der Waals surface area (Å²) in [6.45, 7) is 1.69. The van der Waals surface area contributed by atoms with E-state index in [0.29, 0.717) is 11.1 Å². The van der Waals surface area contributed by atoms with Crippen LogP contribution in [0, 0.1) is 18.3 Å². The summed E-state index contributed by atoms with van der Waals surface area (Å²) < 4.78 is 10.5. The maximum Gasteiger partial charge on any atom is 0.405 e. The fourth-order valence-electron chi connectivity index (χ4n) is 2.69. The highest BCUT2D eigenvalue weighted by molar-refractivity contribution is 5.84. The first kappa shape index (κ1) is 18.8. The lowest BCUT2D eigenvalue weighted by Crippen LogP contribution is -2.40. The zero-order valence-electron chi connectivity index (χ0n) is 15.0. The topological polar surface area (TPSA) is 144 Å². The second-order valence-corrected chi connectivity index (χ2v) is 5.98. The third-order valence-electron chi connectivity index (χ3n) is 3.92. The zero-order valence-corrected chi connectivity index (χ0v) is 15.0. The molecule has 9 heteroatoms. The van der Waals surface area contributed by atoms with Crippen molar-refractivity contribution in [1.29, 1.82) is 5.26 Å². The van der Waals surface area contributed by atoms with E-state index in [9.17, 15) is 9.59 Å². The molecule has 3 rings (SSSR count). The van der Waals surface area contributed by atoms with Crippen LogP contribution in [0.5, 0.6) is 0 Å². The monoisotopic (exact) mass is 379 g/mol. The van der Waals surface area contributed by atoms with Crippen LogP contribution in [-0.2, 0) is 16.0 Å². The number of pyridine rings is 1. The predicted molar refractivity (Wildman–Crippen MR) is 98.8 cm³/mol. The van der Waals surface area contributed by atoms with Crippen molar-refractivity contribution in [3.05, 3.63) is 48.1 Å². The summed E-state index contributed by atoms with van der Waals surface area (Å²) in [5.74, 6) is -0.452. The van der Waals surface area contributed by atoms with Gasteiger partial charge < -0.3 is 20.2 Å². The summed E-state index contributed by atoms with van der Waals surface area (Å²) >= 11 is 0. The Morgan fingerprint density at radius 3 is 2.82 bits per heavy atom. The van der Waals surface area contributed by atoms with Crippen LogP contribution in [-0.4, -0.2) is 34.6 Å². The van der Waals surface area contributed by atoms with Gasteiger partial charge in [-0.2, -0.15) is 5.26 Å². The number of oxazole rings is 1. The average Bonchev–Trinajstić information content (AvgIpc) is 3.06. The minimum Gasteiger partial charge on any atom is -0.441 e. The molecule has 9 nitrogen and oxygen atoms in total. The van der Waals surface area contributed by atoms with E-state index in [0.717, 1.165) is 16.8 Å². The molecule has 1 atom stereocenters. The van der Waals surface area contributed by atoms with Gasteiger partial charge >= 0.3 is 6.09 Å². The number of rotatable bonds is 6. The summed E-state index contributed by atoms with van der Waals surface area (Å²) in [5.41, 5.74) is 8.95. The Morgan fingerprint density at radius 1 is 1.32 bits per heavy atom. The molecule has 0 aliphatic rings. The molecule has 2 amide bonds. The Hall–Kier alpha value is -3.93. The molecule has 0 spiro atoms. The molecular formula is C19H17N5O4. The number of amides is 2. The van der Waals surface area contributed by atoms with Crippen LogP contribution >= 0.6 is 0 Å². The van der Waals surface area contributed by atoms with Gasteiger partial charge in [0.1, 0.15) is 12.1 Å². The minimum absolute atomic E-state index is 0.113. The number of nitrogens with zero attached hydrogens (tertiary/aromatic N) is 3. The van der Waals surface area contributed by atoms with Gasteiger partial charge in [-0.25, -0.2) is 9.78 Å². The summed E-state index contributed by atoms with van der Waals surface area (Å²) in [5, 5.41) is 10.9. The number of primary amides is 1. The summed E-state index contributed by atoms with van der Waals surface area (Å²) in [4.78, 5) is 31.6. The third kappa shape index (κ3) is 4.42. The number of nitrogens with one attached hydrogen (secondary N) is 1. The van der Waals surface area contributed by atoms with Crippen LogP contribution < -0.4 is 11.1 Å². The number of nitriles is 1. The number of aromatic nitrogens is 2. The first-order chi connectivity index (χ1) is 13.5. The van der Waals surface area contributed by atoms with Crippen molar-refractivity contribution in [3.63, 3.8) is 0 Å². The lowest BCUT2D eigenvalue weighted by Gasteiger charge is -2.13. The largest absolute Gasteiger partial charge is 0.441 e. The van der Waals surface area contributed by atoms with E-state index in [1.54, 1.807) is 18.3 Å². The molecule has 3 aromatic rings. The lowest BCUT2D eigenvalue weighted by atomic mass is 10.1. The van der Waals surface area contributed by atoms with Crippen LogP contribution in [0.4, 0.5) is 4.79 Å². The first-order valence-corrected chi connectivity index (χ1v) is 8.39. The van der Waals surface area contributed by atoms with Gasteiger partial charge in [0.05, 0.1) is 12.5 Å². The molecule has 28 heavy (non-hydrogen) atoms. The van der Waals surface area contributed by atoms with Crippen molar-refractivity contribution >= 4 is 23.1 Å². The van der Waals surface area contributed by atoms with Crippen LogP contribution in [0.15, 0.2) is 40.9 Å². The van der Waals surface area contributed by atoms with Gasteiger partial charge in [-0.15, -0.1) is 0 Å². The van der Waals surface area contributed by atoms with Crippen LogP contribution in [0.1, 0.15) is 11.6 Å². The smallest absolute Gasteiger partial charge is 0.405 e. The average molecular weight is 379 g/mol. The number of aryl methyl sites for hydroxylation is 1. The van der Waals surface area contributed by atoms with Crippen molar-refractivity contribution < 1.29 is 18.7 Å². The molecule has 142 valence electrons. The Morgan fingerprint density at radius 2 is 2.11 bits per heavy atom. The van der Waals surface area contributed by atoms with Crippen molar-refractivity contribution in [2.75, 3.05) is 6.54 Å². The fourth-order valence-corrected chi connectivity index (χ4v) is 2.69. The molecule has 1 unspecified atom stereocenters. The molecule has 0 radical (unpaired) electrons. The molecule has 0 aliphatic carbocycles. The van der Waals surface area contributed by atoms with Crippen LogP contribution in [0.3, 0.4) is 0 Å². The van der Waals surface area contributed by atoms with Crippen molar-refractivity contribution in [2.45, 2.75) is 19.4 Å². The fraction of sp³-hybridized carbons (Fsp3) is 0.211. The first-order valence-electron chi connectivity index (χ1n) is 8.39. The summed E-state index contributed by atoms with van der Waals surface area (Å²) in [7, 11) is 0. The van der Waals surface area contributed by atoms with Crippen molar-refractivity contribution in [1.82, 2.24) is 15.3 Å². The van der Waals surface area contributed by atoms with E-state index in [1.165, 1.54) is 0 Å². The second-order valence-electron chi connectivity index (χ2n) is 5.98. The van der Waals surface area contributed by atoms with E-state index >= 15 is 0 Å². The molecule has 2 heterocycles. The van der Waals surface area contributed by atoms with Gasteiger partial charge in [0, 0.05) is 11.9 Å². The minimum atomic E-state index is -1.25. The molecule has 0 saturated heterocycles.